The number of benzene rings is 1. The normalized spacial score (nSPS) is 10.2. The number of halogens is 1. The van der Waals surface area contributed by atoms with Crippen LogP contribution in [0.1, 0.15) is 13.8 Å². The van der Waals surface area contributed by atoms with Gasteiger partial charge in [-0.15, -0.1) is 0 Å². The van der Waals surface area contributed by atoms with Crippen molar-refractivity contribution in [2.75, 3.05) is 7.11 Å². The Balaban J connectivity index is 2.35. The molecule has 0 saturated carbocycles. The molecule has 0 fully saturated rings. The molecule has 0 atom stereocenters. The van der Waals surface area contributed by atoms with Crippen molar-refractivity contribution in [1.82, 2.24) is 9.97 Å². The zero-order valence-electron chi connectivity index (χ0n) is 12.3. The van der Waals surface area contributed by atoms with Gasteiger partial charge in [-0.1, -0.05) is 17.7 Å². The number of nitrogens with zero attached hydrogens (tertiary/aromatic N) is 3. The summed E-state index contributed by atoms with van der Waals surface area (Å²) in [6.07, 6.45) is 1.25. The van der Waals surface area contributed by atoms with Gasteiger partial charge in [0, 0.05) is 0 Å². The summed E-state index contributed by atoms with van der Waals surface area (Å²) in [6, 6.07) is 4.72. The van der Waals surface area contributed by atoms with Gasteiger partial charge in [-0.25, -0.2) is 4.85 Å². The van der Waals surface area contributed by atoms with Gasteiger partial charge in [-0.2, -0.15) is 9.97 Å². The third-order valence-corrected chi connectivity index (χ3v) is 2.84. The summed E-state index contributed by atoms with van der Waals surface area (Å²) in [5, 5.41) is 0.306. The molecular weight excluding hydrogens is 306 g/mol. The van der Waals surface area contributed by atoms with Crippen LogP contribution in [0, 0.1) is 6.57 Å². The minimum absolute atomic E-state index is 0.0711. The first-order valence-electron chi connectivity index (χ1n) is 6.45. The highest BCUT2D eigenvalue weighted by Gasteiger charge is 2.17. The smallest absolute Gasteiger partial charge is 0.269 e. The van der Waals surface area contributed by atoms with Gasteiger partial charge in [-0.05, 0) is 26.0 Å². The fraction of sp³-hybridized carbons (Fsp3) is 0.267. The van der Waals surface area contributed by atoms with E-state index in [1.165, 1.54) is 19.5 Å². The Kier molecular flexibility index (Phi) is 5.02. The van der Waals surface area contributed by atoms with Crippen LogP contribution < -0.4 is 14.2 Å². The molecule has 0 aliphatic heterocycles. The van der Waals surface area contributed by atoms with Crippen LogP contribution >= 0.6 is 11.6 Å². The molecule has 22 heavy (non-hydrogen) atoms. The van der Waals surface area contributed by atoms with Crippen LogP contribution in [0.3, 0.4) is 0 Å². The molecule has 2 rings (SSSR count). The lowest BCUT2D eigenvalue weighted by Crippen LogP contribution is -2.09. The Morgan fingerprint density at radius 3 is 2.55 bits per heavy atom. The third kappa shape index (κ3) is 3.57. The average molecular weight is 320 g/mol. The van der Waals surface area contributed by atoms with E-state index >= 15 is 0 Å². The van der Waals surface area contributed by atoms with Crippen LogP contribution in [0.25, 0.3) is 4.85 Å². The van der Waals surface area contributed by atoms with E-state index in [0.717, 1.165) is 0 Å². The highest BCUT2D eigenvalue weighted by Crippen LogP contribution is 2.39. The summed E-state index contributed by atoms with van der Waals surface area (Å²) < 4.78 is 16.5. The Morgan fingerprint density at radius 2 is 1.95 bits per heavy atom. The van der Waals surface area contributed by atoms with Crippen molar-refractivity contribution in [2.24, 2.45) is 0 Å². The molecule has 0 aliphatic rings. The fourth-order valence-corrected chi connectivity index (χ4v) is 1.86. The maximum atomic E-state index is 6.96. The van der Waals surface area contributed by atoms with Crippen molar-refractivity contribution in [3.05, 3.63) is 41.0 Å². The second kappa shape index (κ2) is 6.96. The summed E-state index contributed by atoms with van der Waals surface area (Å²) in [5.74, 6) is 1.12. The molecule has 2 aromatic rings. The maximum Gasteiger partial charge on any atom is 0.269 e. The highest BCUT2D eigenvalue weighted by atomic mass is 35.5. The summed E-state index contributed by atoms with van der Waals surface area (Å²) in [7, 11) is 1.47. The highest BCUT2D eigenvalue weighted by molar-refractivity contribution is 6.32. The van der Waals surface area contributed by atoms with Crippen LogP contribution in [-0.4, -0.2) is 23.2 Å². The third-order valence-electron chi connectivity index (χ3n) is 2.54. The molecule has 6 nitrogen and oxygen atoms in total. The van der Waals surface area contributed by atoms with Gasteiger partial charge in [0.15, 0.2) is 5.69 Å². The first kappa shape index (κ1) is 15.9. The van der Waals surface area contributed by atoms with E-state index in [1.54, 1.807) is 12.1 Å². The Bertz CT molecular complexity index is 714. The molecule has 0 radical (unpaired) electrons. The molecule has 0 N–H and O–H groups in total. The molecule has 1 aromatic heterocycles. The topological polar surface area (TPSA) is 57.8 Å². The van der Waals surface area contributed by atoms with Crippen molar-refractivity contribution < 1.29 is 14.2 Å². The number of aromatic nitrogens is 2. The fourth-order valence-electron chi connectivity index (χ4n) is 1.64. The number of ether oxygens (including phenoxy) is 3. The summed E-state index contributed by atoms with van der Waals surface area (Å²) in [5.41, 5.74) is 0.427. The minimum atomic E-state index is -0.0711. The van der Waals surface area contributed by atoms with Gasteiger partial charge < -0.3 is 14.2 Å². The first-order valence-corrected chi connectivity index (χ1v) is 6.83. The molecule has 114 valence electrons. The predicted molar refractivity (Wildman–Crippen MR) is 82.1 cm³/mol. The first-order chi connectivity index (χ1) is 10.5. The van der Waals surface area contributed by atoms with Crippen molar-refractivity contribution in [3.63, 3.8) is 0 Å². The van der Waals surface area contributed by atoms with Crippen molar-refractivity contribution in [1.29, 1.82) is 0 Å². The van der Waals surface area contributed by atoms with Crippen LogP contribution in [0.5, 0.6) is 23.3 Å². The minimum Gasteiger partial charge on any atom is -0.487 e. The molecule has 0 unspecified atom stereocenters. The van der Waals surface area contributed by atoms with E-state index in [-0.39, 0.29) is 23.6 Å². The number of hydrogen-bond donors (Lipinski definition) is 0. The number of methoxy groups -OCH3 is 1. The Hall–Kier alpha value is -2.52. The maximum absolute atomic E-state index is 6.96. The lowest BCUT2D eigenvalue weighted by molar-refractivity contribution is 0.216. The monoisotopic (exact) mass is 319 g/mol. The van der Waals surface area contributed by atoms with Gasteiger partial charge in [0.25, 0.3) is 11.8 Å². The second-order valence-electron chi connectivity index (χ2n) is 4.51. The van der Waals surface area contributed by atoms with E-state index in [0.29, 0.717) is 16.5 Å². The largest absolute Gasteiger partial charge is 0.487 e. The van der Waals surface area contributed by atoms with Gasteiger partial charge in [0.1, 0.15) is 12.1 Å². The van der Waals surface area contributed by atoms with E-state index < -0.39 is 0 Å². The van der Waals surface area contributed by atoms with Crippen LogP contribution in [-0.2, 0) is 0 Å². The average Bonchev–Trinajstić information content (AvgIpc) is 2.49. The van der Waals surface area contributed by atoms with Gasteiger partial charge in [-0.3, -0.25) is 0 Å². The van der Waals surface area contributed by atoms with Crippen LogP contribution in [0.2, 0.25) is 5.02 Å². The Labute approximate surface area is 133 Å². The standard InChI is InChI=1S/C15H14ClN3O3/c1-9(2)21-14-13(20-4)15(19-8-18-14)22-12-6-5-10(17-3)7-11(12)16/h5-9H,1-2,4H3. The van der Waals surface area contributed by atoms with Gasteiger partial charge in [0.05, 0.1) is 24.8 Å². The summed E-state index contributed by atoms with van der Waals surface area (Å²) in [6.45, 7) is 10.7. The van der Waals surface area contributed by atoms with E-state index in [2.05, 4.69) is 14.8 Å². The van der Waals surface area contributed by atoms with Crippen LogP contribution in [0.15, 0.2) is 24.5 Å². The molecule has 1 heterocycles. The number of hydrogen-bond acceptors (Lipinski definition) is 5. The quantitative estimate of drug-likeness (QED) is 0.770. The molecule has 1 aromatic carbocycles. The molecular formula is C15H14ClN3O3. The molecule has 0 saturated heterocycles. The van der Waals surface area contributed by atoms with E-state index in [4.69, 9.17) is 32.4 Å². The van der Waals surface area contributed by atoms with Crippen molar-refractivity contribution in [3.8, 4) is 23.3 Å². The Morgan fingerprint density at radius 1 is 1.23 bits per heavy atom. The van der Waals surface area contributed by atoms with E-state index in [9.17, 15) is 0 Å². The molecule has 0 amide bonds. The second-order valence-corrected chi connectivity index (χ2v) is 4.92. The van der Waals surface area contributed by atoms with E-state index in [1.807, 2.05) is 13.8 Å². The lowest BCUT2D eigenvalue weighted by Gasteiger charge is -2.15. The van der Waals surface area contributed by atoms with Crippen molar-refractivity contribution in [2.45, 2.75) is 20.0 Å². The predicted octanol–water partition coefficient (Wildman–Crippen LogP) is 4.27. The zero-order chi connectivity index (χ0) is 16.1. The molecule has 7 heteroatoms. The van der Waals surface area contributed by atoms with Crippen molar-refractivity contribution >= 4 is 17.3 Å². The summed E-state index contributed by atoms with van der Waals surface area (Å²) >= 11 is 6.09. The molecule has 0 aliphatic carbocycles. The molecule has 0 bridgehead atoms. The van der Waals surface area contributed by atoms with Gasteiger partial charge >= 0.3 is 0 Å². The zero-order valence-corrected chi connectivity index (χ0v) is 13.1. The number of rotatable bonds is 5. The SMILES string of the molecule is [C-]#[N+]c1ccc(Oc2ncnc(OC(C)C)c2OC)c(Cl)c1. The summed E-state index contributed by atoms with van der Waals surface area (Å²) in [4.78, 5) is 11.4. The lowest BCUT2D eigenvalue weighted by atomic mass is 10.3. The van der Waals surface area contributed by atoms with Crippen LogP contribution in [0.4, 0.5) is 5.69 Å². The molecule has 0 spiro atoms. The van der Waals surface area contributed by atoms with Gasteiger partial charge in [0.2, 0.25) is 5.75 Å².